The highest BCUT2D eigenvalue weighted by molar-refractivity contribution is 5.75. The van der Waals surface area contributed by atoms with Crippen LogP contribution in [-0.2, 0) is 22.7 Å². The molecule has 6 aliphatic carbocycles. The molecule has 2 fully saturated rings. The lowest BCUT2D eigenvalue weighted by atomic mass is 9.35. The molecule has 6 atom stereocenters. The number of nitriles is 2. The Morgan fingerprint density at radius 3 is 2.58 bits per heavy atom. The van der Waals surface area contributed by atoms with Gasteiger partial charge in [-0.1, -0.05) is 54.6 Å². The van der Waals surface area contributed by atoms with E-state index in [4.69, 9.17) is 0 Å². The van der Waals surface area contributed by atoms with E-state index in [1.165, 1.54) is 16.7 Å². The minimum absolute atomic E-state index is 0.00877. The van der Waals surface area contributed by atoms with Crippen LogP contribution >= 0.6 is 0 Å². The fraction of sp³-hybridized carbons (Fsp3) is 0.333. The molecule has 0 saturated heterocycles. The molecule has 2 saturated carbocycles. The first kappa shape index (κ1) is 13.4. The topological polar surface area (TPSA) is 47.6 Å². The molecule has 0 amide bonds. The third kappa shape index (κ3) is 0.930. The van der Waals surface area contributed by atoms with Gasteiger partial charge in [-0.15, -0.1) is 0 Å². The molecular weight excluding hydrogens is 316 g/mol. The molecular formula is C24H16N2. The SMILES string of the molecule is N#CC12CC3C(C#N)(c4ccccc41)C1C=Cc4cccc5c4C13C2C5. The van der Waals surface area contributed by atoms with Gasteiger partial charge in [0, 0.05) is 11.3 Å². The number of rotatable bonds is 0. The van der Waals surface area contributed by atoms with E-state index < -0.39 is 10.8 Å². The molecule has 0 aromatic heterocycles. The van der Waals surface area contributed by atoms with Gasteiger partial charge in [-0.05, 0) is 52.5 Å². The zero-order valence-corrected chi connectivity index (χ0v) is 14.2. The maximum Gasteiger partial charge on any atom is 0.0934 e. The summed E-state index contributed by atoms with van der Waals surface area (Å²) < 4.78 is 0. The largest absolute Gasteiger partial charge is 0.197 e. The predicted octanol–water partition coefficient (Wildman–Crippen LogP) is 4.01. The molecule has 2 aromatic rings. The van der Waals surface area contributed by atoms with Crippen molar-refractivity contribution in [2.24, 2.45) is 17.8 Å². The molecule has 2 nitrogen and oxygen atoms in total. The van der Waals surface area contributed by atoms with Crippen molar-refractivity contribution in [3.05, 3.63) is 76.4 Å². The number of allylic oxidation sites excluding steroid dienone is 1. The Morgan fingerprint density at radius 1 is 0.923 bits per heavy atom. The lowest BCUT2D eigenvalue weighted by molar-refractivity contribution is -0.0195. The normalized spacial score (nSPS) is 43.7. The second-order valence-corrected chi connectivity index (χ2v) is 8.77. The first-order valence-electron chi connectivity index (χ1n) is 9.48. The molecule has 0 aliphatic heterocycles. The van der Waals surface area contributed by atoms with Gasteiger partial charge < -0.3 is 0 Å². The van der Waals surface area contributed by atoms with Crippen LogP contribution in [0.3, 0.4) is 0 Å². The predicted molar refractivity (Wildman–Crippen MR) is 97.0 cm³/mol. The van der Waals surface area contributed by atoms with Gasteiger partial charge in [0.15, 0.2) is 0 Å². The van der Waals surface area contributed by atoms with Crippen molar-refractivity contribution < 1.29 is 0 Å². The fourth-order valence-electron chi connectivity index (χ4n) is 8.06. The Balaban J connectivity index is 1.68. The van der Waals surface area contributed by atoms with Gasteiger partial charge in [0.2, 0.25) is 0 Å². The average molecular weight is 332 g/mol. The molecule has 4 bridgehead atoms. The van der Waals surface area contributed by atoms with Crippen LogP contribution in [0.4, 0.5) is 0 Å². The number of hydrogen-bond acceptors (Lipinski definition) is 2. The molecule has 0 radical (unpaired) electrons. The number of nitrogens with zero attached hydrogens (tertiary/aromatic N) is 2. The van der Waals surface area contributed by atoms with Crippen LogP contribution in [0.15, 0.2) is 48.5 Å². The van der Waals surface area contributed by atoms with E-state index >= 15 is 0 Å². The summed E-state index contributed by atoms with van der Waals surface area (Å²) >= 11 is 0. The standard InChI is InChI=1S/C24H16N2/c25-12-22-11-20-23(13-26,17-7-2-1-6-16(17)22)18-9-8-14-4-3-5-15-10-19(22)24(18,20)21(14)15/h1-9,18-20H,10-11H2. The molecule has 2 aromatic carbocycles. The molecule has 6 unspecified atom stereocenters. The minimum Gasteiger partial charge on any atom is -0.197 e. The molecule has 122 valence electrons. The number of hydrogen-bond donors (Lipinski definition) is 0. The summed E-state index contributed by atoms with van der Waals surface area (Å²) in [6.45, 7) is 0. The van der Waals surface area contributed by atoms with Crippen LogP contribution in [-0.4, -0.2) is 0 Å². The van der Waals surface area contributed by atoms with E-state index in [0.29, 0.717) is 5.92 Å². The van der Waals surface area contributed by atoms with Gasteiger partial charge in [-0.2, -0.15) is 10.5 Å². The lowest BCUT2D eigenvalue weighted by Crippen LogP contribution is -2.68. The first-order valence-corrected chi connectivity index (χ1v) is 9.48. The summed E-state index contributed by atoms with van der Waals surface area (Å²) in [5.41, 5.74) is 5.56. The van der Waals surface area contributed by atoms with Crippen molar-refractivity contribution >= 4 is 6.08 Å². The van der Waals surface area contributed by atoms with Crippen molar-refractivity contribution in [2.75, 3.05) is 0 Å². The van der Waals surface area contributed by atoms with E-state index in [1.54, 1.807) is 0 Å². The van der Waals surface area contributed by atoms with E-state index in [9.17, 15) is 10.5 Å². The van der Waals surface area contributed by atoms with Crippen LogP contribution in [0.1, 0.15) is 34.2 Å². The summed E-state index contributed by atoms with van der Waals surface area (Å²) in [5.74, 6) is 0.753. The van der Waals surface area contributed by atoms with Crippen molar-refractivity contribution in [3.63, 3.8) is 0 Å². The van der Waals surface area contributed by atoms with E-state index in [1.807, 2.05) is 12.1 Å². The quantitative estimate of drug-likeness (QED) is 0.732. The van der Waals surface area contributed by atoms with Gasteiger partial charge in [0.1, 0.15) is 0 Å². The van der Waals surface area contributed by atoms with E-state index in [-0.39, 0.29) is 17.3 Å². The van der Waals surface area contributed by atoms with Gasteiger partial charge in [0.25, 0.3) is 0 Å². The summed E-state index contributed by atoms with van der Waals surface area (Å²) in [7, 11) is 0. The highest BCUT2D eigenvalue weighted by atomic mass is 14.9. The summed E-state index contributed by atoms with van der Waals surface area (Å²) in [4.78, 5) is 0. The molecule has 26 heavy (non-hydrogen) atoms. The smallest absolute Gasteiger partial charge is 0.0934 e. The van der Waals surface area contributed by atoms with Crippen LogP contribution in [0.25, 0.3) is 6.08 Å². The molecule has 6 aliphatic rings. The Labute approximate surface area is 152 Å². The minimum atomic E-state index is -0.461. The van der Waals surface area contributed by atoms with Gasteiger partial charge in [-0.25, -0.2) is 0 Å². The summed E-state index contributed by atoms with van der Waals surface area (Å²) in [6, 6.07) is 20.5. The highest BCUT2D eigenvalue weighted by Gasteiger charge is 2.86. The number of benzene rings is 2. The fourth-order valence-corrected chi connectivity index (χ4v) is 8.06. The Morgan fingerprint density at radius 2 is 1.77 bits per heavy atom. The first-order chi connectivity index (χ1) is 12.7. The molecule has 2 heteroatoms. The third-order valence-electron chi connectivity index (χ3n) is 8.58. The van der Waals surface area contributed by atoms with Crippen LogP contribution in [0.2, 0.25) is 0 Å². The van der Waals surface area contributed by atoms with Gasteiger partial charge in [-0.3, -0.25) is 0 Å². The lowest BCUT2D eigenvalue weighted by Gasteiger charge is -2.65. The third-order valence-corrected chi connectivity index (χ3v) is 8.58. The van der Waals surface area contributed by atoms with Gasteiger partial charge in [0.05, 0.1) is 23.0 Å². The Hall–Kier alpha value is -2.84. The molecule has 0 heterocycles. The van der Waals surface area contributed by atoms with Crippen molar-refractivity contribution in [1.82, 2.24) is 0 Å². The summed E-state index contributed by atoms with van der Waals surface area (Å²) in [6.07, 6.45) is 6.36. The monoisotopic (exact) mass is 332 g/mol. The molecule has 8 rings (SSSR count). The Kier molecular flexibility index (Phi) is 1.88. The zero-order chi connectivity index (χ0) is 17.3. The molecule has 0 N–H and O–H groups in total. The van der Waals surface area contributed by atoms with Crippen molar-refractivity contribution in [3.8, 4) is 12.1 Å². The summed E-state index contributed by atoms with van der Waals surface area (Å²) in [5, 5.41) is 20.9. The Bertz CT molecular complexity index is 1160. The van der Waals surface area contributed by atoms with Crippen LogP contribution < -0.4 is 0 Å². The zero-order valence-electron chi connectivity index (χ0n) is 14.2. The molecule has 1 spiro atoms. The maximum absolute atomic E-state index is 10.5. The highest BCUT2D eigenvalue weighted by Crippen LogP contribution is 2.84. The van der Waals surface area contributed by atoms with E-state index in [2.05, 4.69) is 54.6 Å². The van der Waals surface area contributed by atoms with E-state index in [0.717, 1.165) is 24.0 Å². The second kappa shape index (κ2) is 3.65. The van der Waals surface area contributed by atoms with Crippen molar-refractivity contribution in [2.45, 2.75) is 29.1 Å². The van der Waals surface area contributed by atoms with Crippen LogP contribution in [0.5, 0.6) is 0 Å². The van der Waals surface area contributed by atoms with Crippen LogP contribution in [0, 0.1) is 40.4 Å². The average Bonchev–Trinajstić information content (AvgIpc) is 3.11. The second-order valence-electron chi connectivity index (χ2n) is 8.77. The van der Waals surface area contributed by atoms with Gasteiger partial charge >= 0.3 is 0 Å². The maximum atomic E-state index is 10.5. The van der Waals surface area contributed by atoms with Crippen molar-refractivity contribution in [1.29, 1.82) is 10.5 Å².